The van der Waals surface area contributed by atoms with Crippen LogP contribution in [0.15, 0.2) is 0 Å². The van der Waals surface area contributed by atoms with Crippen LogP contribution in [0.1, 0.15) is 6.92 Å². The molecule has 0 aromatic heterocycles. The third kappa shape index (κ3) is 5.78. The molecule has 0 radical (unpaired) electrons. The molecule has 2 fully saturated rings. The van der Waals surface area contributed by atoms with Crippen LogP contribution < -0.4 is 0 Å². The second kappa shape index (κ2) is 10.9. The highest BCUT2D eigenvalue weighted by molar-refractivity contribution is 5.71. The van der Waals surface area contributed by atoms with Crippen molar-refractivity contribution >= 4 is 5.97 Å². The second-order valence-corrected chi connectivity index (χ2v) is 6.57. The summed E-state index contributed by atoms with van der Waals surface area (Å²) in [6.45, 7) is -1.13. The molecule has 14 nitrogen and oxygen atoms in total. The van der Waals surface area contributed by atoms with E-state index in [0.717, 1.165) is 0 Å². The molecule has 29 heavy (non-hydrogen) atoms. The Balaban J connectivity index is 0.000000612. The summed E-state index contributed by atoms with van der Waals surface area (Å²) in [6.07, 6.45) is -13.9. The van der Waals surface area contributed by atoms with Crippen molar-refractivity contribution in [2.24, 2.45) is 0 Å². The molecule has 2 heterocycles. The molecule has 1 unspecified atom stereocenters. The fraction of sp³-hybridized carbons (Fsp3) is 0.933. The molecule has 0 aromatic carbocycles. The first-order chi connectivity index (χ1) is 13.4. The zero-order chi connectivity index (χ0) is 22.5. The molecule has 2 saturated heterocycles. The highest BCUT2D eigenvalue weighted by atomic mass is 16.8. The van der Waals surface area contributed by atoms with Crippen LogP contribution in [0.4, 0.5) is 0 Å². The van der Waals surface area contributed by atoms with Gasteiger partial charge in [0, 0.05) is 0 Å². The van der Waals surface area contributed by atoms with Crippen molar-refractivity contribution in [1.82, 2.24) is 0 Å². The van der Waals surface area contributed by atoms with Crippen LogP contribution in [-0.2, 0) is 19.0 Å². The molecule has 0 spiro atoms. The van der Waals surface area contributed by atoms with Crippen LogP contribution in [0.2, 0.25) is 0 Å². The van der Waals surface area contributed by atoms with Crippen molar-refractivity contribution in [2.45, 2.75) is 67.8 Å². The first kappa shape index (κ1) is 26.0. The summed E-state index contributed by atoms with van der Waals surface area (Å²) in [5.74, 6) is -3.41. The minimum absolute atomic E-state index is 0.669. The summed E-state index contributed by atoms with van der Waals surface area (Å²) in [5, 5.41) is 92.4. The first-order valence-corrected chi connectivity index (χ1v) is 8.60. The maximum atomic E-state index is 10.00. The number of rotatable bonds is 6. The molecule has 14 heteroatoms. The average molecular weight is 432 g/mol. The van der Waals surface area contributed by atoms with Gasteiger partial charge in [0.1, 0.15) is 55.4 Å². The fourth-order valence-corrected chi connectivity index (χ4v) is 2.63. The van der Waals surface area contributed by atoms with Gasteiger partial charge in [0.15, 0.2) is 6.29 Å². The summed E-state index contributed by atoms with van der Waals surface area (Å²) >= 11 is 0. The third-order valence-corrected chi connectivity index (χ3v) is 4.43. The maximum Gasteiger partial charge on any atom is 0.332 e. The standard InChI is InChI=1S/C12H22O11.C3H6O3/c13-1-4-6(16)8(18)9(19)11(21-4)23-12(3-15)10(20)7(17)5(2-14)22-12;1-2(4)3(5)6/h4-11,13-20H,1-3H2;2,4H,1H3,(H,5,6)/t4-,5-,6-,7-,8+,9-,10+,11-,12+;/m1./s1. The van der Waals surface area contributed by atoms with E-state index in [2.05, 4.69) is 0 Å². The highest BCUT2D eigenvalue weighted by Gasteiger charge is 2.58. The van der Waals surface area contributed by atoms with Crippen LogP contribution in [0.5, 0.6) is 0 Å². The van der Waals surface area contributed by atoms with Crippen molar-refractivity contribution in [3.05, 3.63) is 0 Å². The number of ether oxygens (including phenoxy) is 3. The molecule has 0 bridgehead atoms. The number of hydrogen-bond donors (Lipinski definition) is 10. The average Bonchev–Trinajstić information content (AvgIpc) is 2.93. The second-order valence-electron chi connectivity index (χ2n) is 6.57. The van der Waals surface area contributed by atoms with Gasteiger partial charge in [-0.25, -0.2) is 4.79 Å². The van der Waals surface area contributed by atoms with Gasteiger partial charge in [-0.2, -0.15) is 0 Å². The molecule has 0 aliphatic carbocycles. The molecular formula is C15H28O14. The molecule has 10 atom stereocenters. The summed E-state index contributed by atoms with van der Waals surface area (Å²) in [5.41, 5.74) is 0. The summed E-state index contributed by atoms with van der Waals surface area (Å²) in [6, 6.07) is 0. The van der Waals surface area contributed by atoms with Crippen LogP contribution in [0.25, 0.3) is 0 Å². The number of carbonyl (C=O) groups is 1. The van der Waals surface area contributed by atoms with Crippen LogP contribution in [-0.4, -0.2) is 138 Å². The van der Waals surface area contributed by atoms with Gasteiger partial charge < -0.3 is 65.3 Å². The van der Waals surface area contributed by atoms with Crippen LogP contribution in [0.3, 0.4) is 0 Å². The Bertz CT molecular complexity index is 515. The summed E-state index contributed by atoms with van der Waals surface area (Å²) in [4.78, 5) is 9.45. The SMILES string of the molecule is CC(O)C(=O)O.OC[C@H]1O[C@@](CO)(O[C@H]2O[C@H](CO)[C@@H](O)[C@H](O)[C@H]2O)[C@@H](O)[C@@H]1O. The number of aliphatic hydroxyl groups is 9. The number of carboxylic acid groups (broad SMARTS) is 1. The molecule has 2 aliphatic heterocycles. The lowest BCUT2D eigenvalue weighted by Crippen LogP contribution is -2.62. The lowest BCUT2D eigenvalue weighted by atomic mass is 9.99. The zero-order valence-corrected chi connectivity index (χ0v) is 15.4. The first-order valence-electron chi connectivity index (χ1n) is 8.60. The number of hydrogen-bond acceptors (Lipinski definition) is 13. The minimum atomic E-state index is -2.22. The highest BCUT2D eigenvalue weighted by Crippen LogP contribution is 2.35. The fourth-order valence-electron chi connectivity index (χ4n) is 2.63. The molecule has 0 aromatic rings. The van der Waals surface area contributed by atoms with E-state index < -0.39 is 86.7 Å². The molecule has 0 amide bonds. The van der Waals surface area contributed by atoms with Gasteiger partial charge in [-0.15, -0.1) is 0 Å². The van der Waals surface area contributed by atoms with E-state index in [1.54, 1.807) is 0 Å². The van der Waals surface area contributed by atoms with E-state index in [9.17, 15) is 35.4 Å². The lowest BCUT2D eigenvalue weighted by Gasteiger charge is -2.43. The van der Waals surface area contributed by atoms with E-state index in [0.29, 0.717) is 0 Å². The van der Waals surface area contributed by atoms with E-state index >= 15 is 0 Å². The number of aliphatic hydroxyl groups excluding tert-OH is 9. The van der Waals surface area contributed by atoms with Crippen molar-refractivity contribution in [1.29, 1.82) is 0 Å². The van der Waals surface area contributed by atoms with Crippen molar-refractivity contribution in [3.8, 4) is 0 Å². The number of carboxylic acids is 1. The third-order valence-electron chi connectivity index (χ3n) is 4.43. The van der Waals surface area contributed by atoms with Crippen molar-refractivity contribution in [3.63, 3.8) is 0 Å². The lowest BCUT2D eigenvalue weighted by molar-refractivity contribution is -0.383. The van der Waals surface area contributed by atoms with Gasteiger partial charge >= 0.3 is 5.97 Å². The van der Waals surface area contributed by atoms with E-state index in [1.165, 1.54) is 6.92 Å². The van der Waals surface area contributed by atoms with Crippen LogP contribution in [0, 0.1) is 0 Å². The Hall–Kier alpha value is -1.01. The normalized spacial score (nSPS) is 43.4. The molecule has 0 saturated carbocycles. The Kier molecular flexibility index (Phi) is 9.74. The zero-order valence-electron chi connectivity index (χ0n) is 15.4. The molecule has 10 N–H and O–H groups in total. The molecule has 2 rings (SSSR count). The topological polar surface area (TPSA) is 247 Å². The number of aliphatic carboxylic acids is 1. The largest absolute Gasteiger partial charge is 0.479 e. The van der Waals surface area contributed by atoms with E-state index in [4.69, 9.17) is 34.6 Å². The summed E-state index contributed by atoms with van der Waals surface area (Å²) in [7, 11) is 0. The molecule has 172 valence electrons. The van der Waals surface area contributed by atoms with Gasteiger partial charge in [0.25, 0.3) is 0 Å². The predicted octanol–water partition coefficient (Wildman–Crippen LogP) is -5.94. The summed E-state index contributed by atoms with van der Waals surface area (Å²) < 4.78 is 15.4. The van der Waals surface area contributed by atoms with Gasteiger partial charge in [0.05, 0.1) is 13.2 Å². The van der Waals surface area contributed by atoms with Gasteiger partial charge in [-0.1, -0.05) is 0 Å². The molecular weight excluding hydrogens is 404 g/mol. The molecule has 2 aliphatic rings. The maximum absolute atomic E-state index is 10.00. The van der Waals surface area contributed by atoms with Gasteiger partial charge in [-0.3, -0.25) is 0 Å². The Morgan fingerprint density at radius 3 is 1.86 bits per heavy atom. The Morgan fingerprint density at radius 1 is 0.966 bits per heavy atom. The van der Waals surface area contributed by atoms with Crippen LogP contribution >= 0.6 is 0 Å². The van der Waals surface area contributed by atoms with E-state index in [-0.39, 0.29) is 0 Å². The van der Waals surface area contributed by atoms with E-state index in [1.807, 2.05) is 0 Å². The quantitative estimate of drug-likeness (QED) is 0.188. The monoisotopic (exact) mass is 432 g/mol. The van der Waals surface area contributed by atoms with Crippen molar-refractivity contribution in [2.75, 3.05) is 19.8 Å². The van der Waals surface area contributed by atoms with Gasteiger partial charge in [-0.05, 0) is 6.92 Å². The van der Waals surface area contributed by atoms with Crippen molar-refractivity contribution < 1.29 is 70.1 Å². The Labute approximate surface area is 164 Å². The van der Waals surface area contributed by atoms with Gasteiger partial charge in [0.2, 0.25) is 5.79 Å². The predicted molar refractivity (Wildman–Crippen MR) is 88.0 cm³/mol. The minimum Gasteiger partial charge on any atom is -0.479 e. The Morgan fingerprint density at radius 2 is 1.48 bits per heavy atom. The smallest absolute Gasteiger partial charge is 0.332 e.